The number of hydrogen-bond acceptors (Lipinski definition) is 5. The summed E-state index contributed by atoms with van der Waals surface area (Å²) in [6.07, 6.45) is 3.74. The summed E-state index contributed by atoms with van der Waals surface area (Å²) in [6.45, 7) is 5.00. The van der Waals surface area contributed by atoms with Gasteiger partial charge in [0.25, 0.3) is 0 Å². The van der Waals surface area contributed by atoms with Crippen LogP contribution in [0, 0.1) is 6.92 Å². The largest absolute Gasteiger partial charge is 0.489 e. The van der Waals surface area contributed by atoms with Crippen molar-refractivity contribution in [1.29, 1.82) is 0 Å². The van der Waals surface area contributed by atoms with Crippen molar-refractivity contribution in [3.05, 3.63) is 113 Å². The lowest BCUT2D eigenvalue weighted by Crippen LogP contribution is -2.20. The number of unbranched alkanes of at least 4 members (excludes halogenated alkanes) is 1. The summed E-state index contributed by atoms with van der Waals surface area (Å²) in [5.74, 6) is 1.41. The zero-order chi connectivity index (χ0) is 29.2. The molecule has 4 rings (SSSR count). The highest BCUT2D eigenvalue weighted by atomic mass is 32.2. The fourth-order valence-electron chi connectivity index (χ4n) is 4.60. The van der Waals surface area contributed by atoms with Gasteiger partial charge in [0.2, 0.25) is 5.91 Å². The number of carbonyl (C=O) groups excluding carboxylic acids is 1. The van der Waals surface area contributed by atoms with Gasteiger partial charge in [0.15, 0.2) is 9.84 Å². The Bertz CT molecular complexity index is 1560. The molecule has 0 atom stereocenters. The fraction of sp³-hybridized carbons (Fsp3) is 0.265. The molecule has 0 aliphatic heterocycles. The molecule has 4 aromatic rings. The van der Waals surface area contributed by atoms with Crippen molar-refractivity contribution in [3.8, 4) is 22.6 Å². The summed E-state index contributed by atoms with van der Waals surface area (Å²) < 4.78 is 36.1. The Morgan fingerprint density at radius 1 is 0.805 bits per heavy atom. The standard InChI is InChI=1S/C34H37NO5S/c1-25-30(13-9-14-33(25)28-10-5-4-6-11-28)24-39-31-18-17-29(12-7-8-21-35-26(2)36)34(22-31)40-23-27-15-19-32(20-16-27)41(3,37)38/h4-6,9-11,13-20,22H,7-8,12,21,23-24H2,1-3H3,(H,35,36). The number of nitrogens with one attached hydrogen (secondary N) is 1. The third-order valence-corrected chi connectivity index (χ3v) is 8.08. The molecule has 0 aliphatic rings. The van der Waals surface area contributed by atoms with Crippen molar-refractivity contribution in [1.82, 2.24) is 5.32 Å². The second-order valence-corrected chi connectivity index (χ2v) is 12.2. The number of benzene rings is 4. The molecular weight excluding hydrogens is 534 g/mol. The molecular formula is C34H37NO5S. The smallest absolute Gasteiger partial charge is 0.216 e. The maximum atomic E-state index is 11.8. The third-order valence-electron chi connectivity index (χ3n) is 6.96. The molecule has 0 radical (unpaired) electrons. The number of amides is 1. The fourth-order valence-corrected chi connectivity index (χ4v) is 5.23. The molecule has 0 aromatic heterocycles. The number of sulfone groups is 1. The Labute approximate surface area is 243 Å². The summed E-state index contributed by atoms with van der Waals surface area (Å²) in [5, 5.41) is 2.84. The first-order valence-electron chi connectivity index (χ1n) is 13.8. The molecule has 4 aromatic carbocycles. The zero-order valence-corrected chi connectivity index (χ0v) is 24.7. The molecule has 0 bridgehead atoms. The van der Waals surface area contributed by atoms with Gasteiger partial charge in [-0.25, -0.2) is 8.42 Å². The molecule has 0 fully saturated rings. The Kier molecular flexibility index (Phi) is 10.2. The number of hydrogen-bond donors (Lipinski definition) is 1. The number of rotatable bonds is 13. The van der Waals surface area contributed by atoms with Gasteiger partial charge < -0.3 is 14.8 Å². The molecule has 214 valence electrons. The normalized spacial score (nSPS) is 11.2. The molecule has 7 heteroatoms. The first-order valence-corrected chi connectivity index (χ1v) is 15.7. The van der Waals surface area contributed by atoms with Gasteiger partial charge in [-0.1, -0.05) is 66.7 Å². The lowest BCUT2D eigenvalue weighted by molar-refractivity contribution is -0.118. The van der Waals surface area contributed by atoms with E-state index in [0.717, 1.165) is 41.7 Å². The van der Waals surface area contributed by atoms with Crippen LogP contribution in [-0.2, 0) is 34.3 Å². The van der Waals surface area contributed by atoms with E-state index in [0.29, 0.717) is 25.5 Å². The molecule has 0 saturated heterocycles. The van der Waals surface area contributed by atoms with E-state index >= 15 is 0 Å². The van der Waals surface area contributed by atoms with E-state index in [1.165, 1.54) is 29.9 Å². The van der Waals surface area contributed by atoms with Gasteiger partial charge in [-0.15, -0.1) is 0 Å². The summed E-state index contributed by atoms with van der Waals surface area (Å²) in [4.78, 5) is 11.4. The Hall–Kier alpha value is -4.10. The van der Waals surface area contributed by atoms with Gasteiger partial charge in [0.05, 0.1) is 4.90 Å². The van der Waals surface area contributed by atoms with Gasteiger partial charge in [0, 0.05) is 25.8 Å². The third kappa shape index (κ3) is 8.69. The van der Waals surface area contributed by atoms with E-state index in [4.69, 9.17) is 9.47 Å². The molecule has 1 amide bonds. The average Bonchev–Trinajstić information content (AvgIpc) is 2.96. The van der Waals surface area contributed by atoms with Gasteiger partial charge in [-0.2, -0.15) is 0 Å². The van der Waals surface area contributed by atoms with Crippen molar-refractivity contribution in [3.63, 3.8) is 0 Å². The zero-order valence-electron chi connectivity index (χ0n) is 23.9. The Morgan fingerprint density at radius 3 is 2.27 bits per heavy atom. The lowest BCUT2D eigenvalue weighted by Gasteiger charge is -2.16. The van der Waals surface area contributed by atoms with E-state index in [1.807, 2.05) is 36.4 Å². The van der Waals surface area contributed by atoms with Crippen molar-refractivity contribution in [2.45, 2.75) is 51.2 Å². The molecule has 0 heterocycles. The summed E-state index contributed by atoms with van der Waals surface area (Å²) in [5.41, 5.74) is 6.58. The van der Waals surface area contributed by atoms with E-state index in [-0.39, 0.29) is 10.8 Å². The van der Waals surface area contributed by atoms with E-state index in [9.17, 15) is 13.2 Å². The quantitative estimate of drug-likeness (QED) is 0.181. The molecule has 41 heavy (non-hydrogen) atoms. The molecule has 6 nitrogen and oxygen atoms in total. The van der Waals surface area contributed by atoms with Crippen molar-refractivity contribution in [2.75, 3.05) is 12.8 Å². The Morgan fingerprint density at radius 2 is 1.56 bits per heavy atom. The van der Waals surface area contributed by atoms with E-state index in [2.05, 4.69) is 42.6 Å². The van der Waals surface area contributed by atoms with E-state index < -0.39 is 9.84 Å². The minimum Gasteiger partial charge on any atom is -0.489 e. The van der Waals surface area contributed by atoms with Crippen LogP contribution in [0.25, 0.3) is 11.1 Å². The van der Waals surface area contributed by atoms with Crippen LogP contribution < -0.4 is 14.8 Å². The average molecular weight is 572 g/mol. The van der Waals surface area contributed by atoms with Crippen LogP contribution >= 0.6 is 0 Å². The van der Waals surface area contributed by atoms with Crippen LogP contribution in [0.2, 0.25) is 0 Å². The van der Waals surface area contributed by atoms with Crippen LogP contribution in [-0.4, -0.2) is 27.1 Å². The van der Waals surface area contributed by atoms with Crippen LogP contribution in [0.1, 0.15) is 42.0 Å². The highest BCUT2D eigenvalue weighted by Gasteiger charge is 2.11. The van der Waals surface area contributed by atoms with Crippen molar-refractivity contribution in [2.24, 2.45) is 0 Å². The predicted octanol–water partition coefficient (Wildman–Crippen LogP) is 6.68. The summed E-state index contributed by atoms with van der Waals surface area (Å²) in [7, 11) is -3.25. The summed E-state index contributed by atoms with van der Waals surface area (Å²) in [6, 6.07) is 29.3. The minimum atomic E-state index is -3.25. The highest BCUT2D eigenvalue weighted by molar-refractivity contribution is 7.90. The second kappa shape index (κ2) is 14.0. The molecule has 1 N–H and O–H groups in total. The maximum absolute atomic E-state index is 11.8. The Balaban J connectivity index is 1.48. The number of aryl methyl sites for hydroxylation is 1. The van der Waals surface area contributed by atoms with Gasteiger partial charge >= 0.3 is 0 Å². The van der Waals surface area contributed by atoms with Gasteiger partial charge in [-0.3, -0.25) is 4.79 Å². The number of carbonyl (C=O) groups is 1. The van der Waals surface area contributed by atoms with Crippen LogP contribution in [0.5, 0.6) is 11.5 Å². The SMILES string of the molecule is CC(=O)NCCCCc1ccc(OCc2cccc(-c3ccccc3)c2C)cc1OCc1ccc(S(C)(=O)=O)cc1. The first kappa shape index (κ1) is 29.9. The molecule has 0 saturated carbocycles. The second-order valence-electron chi connectivity index (χ2n) is 10.2. The monoisotopic (exact) mass is 571 g/mol. The van der Waals surface area contributed by atoms with Crippen LogP contribution in [0.15, 0.2) is 95.9 Å². The molecule has 0 aliphatic carbocycles. The van der Waals surface area contributed by atoms with Crippen molar-refractivity contribution >= 4 is 15.7 Å². The van der Waals surface area contributed by atoms with Crippen LogP contribution in [0.3, 0.4) is 0 Å². The highest BCUT2D eigenvalue weighted by Crippen LogP contribution is 2.30. The van der Waals surface area contributed by atoms with E-state index in [1.54, 1.807) is 24.3 Å². The first-order chi connectivity index (χ1) is 19.7. The van der Waals surface area contributed by atoms with Gasteiger partial charge in [0.1, 0.15) is 24.7 Å². The lowest BCUT2D eigenvalue weighted by atomic mass is 9.97. The van der Waals surface area contributed by atoms with Crippen molar-refractivity contribution < 1.29 is 22.7 Å². The summed E-state index contributed by atoms with van der Waals surface area (Å²) >= 11 is 0. The maximum Gasteiger partial charge on any atom is 0.216 e. The molecule has 0 unspecified atom stereocenters. The molecule has 0 spiro atoms. The van der Waals surface area contributed by atoms with Crippen LogP contribution in [0.4, 0.5) is 0 Å². The minimum absolute atomic E-state index is 0.0260. The predicted molar refractivity (Wildman–Crippen MR) is 163 cm³/mol. The van der Waals surface area contributed by atoms with Gasteiger partial charge in [-0.05, 0) is 77.8 Å². The number of ether oxygens (including phenoxy) is 2. The topological polar surface area (TPSA) is 81.7 Å².